The highest BCUT2D eigenvalue weighted by Gasteiger charge is 2.19. The molecule has 7 heteroatoms. The number of rotatable bonds is 5. The largest absolute Gasteiger partial charge is 0.481 e. The van der Waals surface area contributed by atoms with Crippen molar-refractivity contribution in [2.45, 2.75) is 34.1 Å². The Hall–Kier alpha value is -2.96. The van der Waals surface area contributed by atoms with Crippen LogP contribution in [0.5, 0.6) is 0 Å². The van der Waals surface area contributed by atoms with Crippen LogP contribution in [0.25, 0.3) is 37.4 Å². The number of thiazole rings is 1. The summed E-state index contributed by atoms with van der Waals surface area (Å²) in [5.41, 5.74) is 7.52. The second-order valence-corrected chi connectivity index (χ2v) is 9.60. The fourth-order valence-corrected chi connectivity index (χ4v) is 5.16. The number of fused-ring (bicyclic) bond motifs is 2. The summed E-state index contributed by atoms with van der Waals surface area (Å²) in [5.74, 6) is 0.105. The van der Waals surface area contributed by atoms with Gasteiger partial charge in [0, 0.05) is 23.2 Å². The maximum absolute atomic E-state index is 11.6. The van der Waals surface area contributed by atoms with Crippen LogP contribution in [0.2, 0.25) is 0 Å². The molecule has 0 aliphatic heterocycles. The number of aryl methyl sites for hydroxylation is 3. The van der Waals surface area contributed by atoms with Crippen LogP contribution >= 0.6 is 22.9 Å². The van der Waals surface area contributed by atoms with Crippen LogP contribution in [-0.2, 0) is 18.3 Å². The molecule has 0 amide bonds. The molecule has 1 N–H and O–H groups in total. The van der Waals surface area contributed by atoms with E-state index >= 15 is 0 Å². The average molecular weight is 466 g/mol. The van der Waals surface area contributed by atoms with E-state index < -0.39 is 5.97 Å². The van der Waals surface area contributed by atoms with Gasteiger partial charge in [0.2, 0.25) is 0 Å². The third kappa shape index (κ3) is 4.08. The van der Waals surface area contributed by atoms with Crippen molar-refractivity contribution in [1.82, 2.24) is 14.5 Å². The van der Waals surface area contributed by atoms with Crippen LogP contribution in [0, 0.1) is 13.8 Å². The first-order valence-corrected chi connectivity index (χ1v) is 11.4. The van der Waals surface area contributed by atoms with Crippen LogP contribution in [-0.4, -0.2) is 25.6 Å². The summed E-state index contributed by atoms with van der Waals surface area (Å²) in [6.07, 6.45) is 3.72. The number of carboxylic acids is 1. The lowest BCUT2D eigenvalue weighted by Crippen LogP contribution is -2.05. The number of benzene rings is 2. The molecular weight excluding hydrogens is 442 g/mol. The lowest BCUT2D eigenvalue weighted by molar-refractivity contribution is -0.136. The van der Waals surface area contributed by atoms with Gasteiger partial charge >= 0.3 is 5.97 Å². The van der Waals surface area contributed by atoms with E-state index in [2.05, 4.69) is 15.6 Å². The van der Waals surface area contributed by atoms with Crippen molar-refractivity contribution >= 4 is 55.7 Å². The molecule has 4 rings (SSSR count). The van der Waals surface area contributed by atoms with Crippen molar-refractivity contribution in [3.63, 3.8) is 0 Å². The number of halogens is 1. The molecule has 0 bridgehead atoms. The molecule has 32 heavy (non-hydrogen) atoms. The summed E-state index contributed by atoms with van der Waals surface area (Å²) < 4.78 is 3.05. The molecule has 0 aliphatic rings. The Kier molecular flexibility index (Phi) is 5.93. The second kappa shape index (κ2) is 8.52. The normalized spacial score (nSPS) is 12.8. The number of aliphatic carboxylic acids is 1. The van der Waals surface area contributed by atoms with Crippen LogP contribution in [0.4, 0.5) is 0 Å². The van der Waals surface area contributed by atoms with E-state index in [9.17, 15) is 9.90 Å². The lowest BCUT2D eigenvalue weighted by Gasteiger charge is -2.13. The summed E-state index contributed by atoms with van der Waals surface area (Å²) in [6, 6.07) is 8.16. The van der Waals surface area contributed by atoms with Gasteiger partial charge in [0.25, 0.3) is 0 Å². The Morgan fingerprint density at radius 2 is 1.91 bits per heavy atom. The molecule has 0 fully saturated rings. The molecule has 2 heterocycles. The number of aromatic nitrogens is 3. The minimum absolute atomic E-state index is 0.0423. The fourth-order valence-electron chi connectivity index (χ4n) is 3.92. The Bertz CT molecular complexity index is 1440. The first-order chi connectivity index (χ1) is 15.2. The zero-order valence-corrected chi connectivity index (χ0v) is 20.2. The van der Waals surface area contributed by atoms with Gasteiger partial charge in [0.05, 0.1) is 27.7 Å². The molecule has 0 saturated heterocycles. The molecule has 0 radical (unpaired) electrons. The lowest BCUT2D eigenvalue weighted by atomic mass is 9.93. The molecule has 4 aromatic rings. The molecule has 0 spiro atoms. The smallest absolute Gasteiger partial charge is 0.307 e. The van der Waals surface area contributed by atoms with Crippen molar-refractivity contribution in [3.05, 3.63) is 64.0 Å². The number of hydrogen-bond donors (Lipinski definition) is 1. The number of carbonyl (C=O) groups is 1. The van der Waals surface area contributed by atoms with Gasteiger partial charge in [-0.25, -0.2) is 9.97 Å². The Morgan fingerprint density at radius 3 is 2.59 bits per heavy atom. The van der Waals surface area contributed by atoms with Crippen molar-refractivity contribution in [2.24, 2.45) is 7.05 Å². The van der Waals surface area contributed by atoms with E-state index in [0.29, 0.717) is 5.03 Å². The van der Waals surface area contributed by atoms with Gasteiger partial charge in [-0.05, 0) is 74.7 Å². The monoisotopic (exact) mass is 465 g/mol. The Labute approximate surface area is 195 Å². The topological polar surface area (TPSA) is 68.0 Å². The summed E-state index contributed by atoms with van der Waals surface area (Å²) in [7, 11) is 2.01. The van der Waals surface area contributed by atoms with E-state index in [1.54, 1.807) is 11.3 Å². The molecule has 0 aliphatic carbocycles. The summed E-state index contributed by atoms with van der Waals surface area (Å²) in [4.78, 5) is 21.1. The van der Waals surface area contributed by atoms with Crippen LogP contribution < -0.4 is 0 Å². The second-order valence-electron chi connectivity index (χ2n) is 8.01. The summed E-state index contributed by atoms with van der Waals surface area (Å²) >= 11 is 7.62. The number of carboxylic acid groups (broad SMARTS) is 1. The zero-order valence-electron chi connectivity index (χ0n) is 18.7. The summed E-state index contributed by atoms with van der Waals surface area (Å²) in [6.45, 7) is 7.74. The molecule has 0 atom stereocenters. The predicted molar refractivity (Wildman–Crippen MR) is 133 cm³/mol. The molecule has 2 aromatic carbocycles. The maximum atomic E-state index is 11.6. The third-order valence-electron chi connectivity index (χ3n) is 5.65. The van der Waals surface area contributed by atoms with Crippen LogP contribution in [0.3, 0.4) is 0 Å². The van der Waals surface area contributed by atoms with Gasteiger partial charge in [0.1, 0.15) is 10.8 Å². The SMILES string of the molecule is C/C(Cl)=C\C=C(/C)c1c(CC(=O)O)c(C)cc2nc(-c3ccc4nc(C)n(C)c4c3)sc12. The zero-order chi connectivity index (χ0) is 23.2. The van der Waals surface area contributed by atoms with E-state index in [-0.39, 0.29) is 6.42 Å². The Morgan fingerprint density at radius 1 is 1.16 bits per heavy atom. The van der Waals surface area contributed by atoms with Gasteiger partial charge in [-0.3, -0.25) is 4.79 Å². The van der Waals surface area contributed by atoms with E-state index in [0.717, 1.165) is 59.9 Å². The Balaban J connectivity index is 1.96. The first kappa shape index (κ1) is 22.2. The van der Waals surface area contributed by atoms with Crippen molar-refractivity contribution in [1.29, 1.82) is 0 Å². The van der Waals surface area contributed by atoms with Crippen molar-refractivity contribution in [3.8, 4) is 10.6 Å². The van der Waals surface area contributed by atoms with Gasteiger partial charge < -0.3 is 9.67 Å². The quantitative estimate of drug-likeness (QED) is 0.335. The standard InChI is InChI=1S/C25H24ClN3O2S/c1-13(6-7-15(3)26)23-18(12-22(30)31)14(2)10-20-24(23)32-25(28-20)17-8-9-19-21(11-17)29(5)16(4)27-19/h6-11H,12H2,1-5H3,(H,30,31)/b13-6+,15-7+. The van der Waals surface area contributed by atoms with E-state index in [1.807, 2.05) is 65.1 Å². The van der Waals surface area contributed by atoms with Crippen molar-refractivity contribution in [2.75, 3.05) is 0 Å². The molecule has 2 aromatic heterocycles. The average Bonchev–Trinajstić information content (AvgIpc) is 3.26. The number of nitrogens with zero attached hydrogens (tertiary/aromatic N) is 3. The van der Waals surface area contributed by atoms with Gasteiger partial charge in [-0.2, -0.15) is 0 Å². The van der Waals surface area contributed by atoms with Crippen LogP contribution in [0.15, 0.2) is 41.4 Å². The number of allylic oxidation sites excluding steroid dienone is 4. The van der Waals surface area contributed by atoms with E-state index in [1.165, 1.54) is 0 Å². The van der Waals surface area contributed by atoms with E-state index in [4.69, 9.17) is 16.6 Å². The maximum Gasteiger partial charge on any atom is 0.307 e. The highest BCUT2D eigenvalue weighted by atomic mass is 35.5. The highest BCUT2D eigenvalue weighted by molar-refractivity contribution is 7.22. The minimum atomic E-state index is -0.854. The van der Waals surface area contributed by atoms with Gasteiger partial charge in [0.15, 0.2) is 0 Å². The molecule has 0 saturated carbocycles. The highest BCUT2D eigenvalue weighted by Crippen LogP contribution is 2.39. The molecule has 164 valence electrons. The molecule has 5 nitrogen and oxygen atoms in total. The molecule has 0 unspecified atom stereocenters. The number of hydrogen-bond acceptors (Lipinski definition) is 4. The predicted octanol–water partition coefficient (Wildman–Crippen LogP) is 6.64. The van der Waals surface area contributed by atoms with Crippen LogP contribution in [0.1, 0.15) is 36.4 Å². The molecular formula is C25H24ClN3O2S. The third-order valence-corrected chi connectivity index (χ3v) is 6.91. The first-order valence-electron chi connectivity index (χ1n) is 10.2. The minimum Gasteiger partial charge on any atom is -0.481 e. The van der Waals surface area contributed by atoms with Gasteiger partial charge in [-0.1, -0.05) is 17.7 Å². The summed E-state index contributed by atoms with van der Waals surface area (Å²) in [5, 5.41) is 11.1. The van der Waals surface area contributed by atoms with Crippen molar-refractivity contribution < 1.29 is 9.90 Å². The van der Waals surface area contributed by atoms with Gasteiger partial charge in [-0.15, -0.1) is 11.3 Å². The fraction of sp³-hybridized carbons (Fsp3) is 0.240. The number of imidazole rings is 1.